The van der Waals surface area contributed by atoms with Gasteiger partial charge in [-0.05, 0) is 96.1 Å². The van der Waals surface area contributed by atoms with Gasteiger partial charge in [0.2, 0.25) is 29.5 Å². The van der Waals surface area contributed by atoms with Crippen molar-refractivity contribution in [3.63, 3.8) is 0 Å². The van der Waals surface area contributed by atoms with Gasteiger partial charge in [0, 0.05) is 59.8 Å². The van der Waals surface area contributed by atoms with E-state index in [0.717, 1.165) is 11.1 Å². The second kappa shape index (κ2) is 20.3. The average Bonchev–Trinajstić information content (AvgIpc) is 3.08. The molecule has 0 aliphatic heterocycles. The van der Waals surface area contributed by atoms with Gasteiger partial charge in [0.05, 0.1) is 0 Å². The Bertz CT molecular complexity index is 1380. The lowest BCUT2D eigenvalue weighted by Crippen LogP contribution is -2.50. The fourth-order valence-electron chi connectivity index (χ4n) is 8.49. The van der Waals surface area contributed by atoms with E-state index in [1.54, 1.807) is 0 Å². The maximum atomic E-state index is 13.9. The minimum atomic E-state index is -0.995. The largest absolute Gasteiger partial charge is 0.356 e. The number of benzene rings is 1. The SMILES string of the molecule is CCNC(=O)C(C)(C)CC(C)(CC(C)(CC(C)c1ccc(C(C)CC(C)(CC(C)(CC)C(=O)NCC)C(=O)NCC)cc1)C(=O)NCC)C(=O)NCC. The fraction of sp³-hybridized carbons (Fsp3) is 0.744. The third-order valence-corrected chi connectivity index (χ3v) is 11.3. The zero-order valence-electron chi connectivity index (χ0n) is 35.8. The molecule has 0 fully saturated rings. The van der Waals surface area contributed by atoms with Gasteiger partial charge in [0.25, 0.3) is 0 Å². The Hall–Kier alpha value is -3.43. The number of carbonyl (C=O) groups excluding carboxylic acids is 5. The molecule has 6 unspecified atom stereocenters. The van der Waals surface area contributed by atoms with E-state index in [1.165, 1.54) is 0 Å². The van der Waals surface area contributed by atoms with Crippen LogP contribution in [0.2, 0.25) is 0 Å². The predicted octanol–water partition coefficient (Wildman–Crippen LogP) is 6.99. The summed E-state index contributed by atoms with van der Waals surface area (Å²) in [6.07, 6.45) is 2.67. The van der Waals surface area contributed by atoms with Crippen LogP contribution in [0.1, 0.15) is 158 Å². The second-order valence-electron chi connectivity index (χ2n) is 17.2. The van der Waals surface area contributed by atoms with Crippen LogP contribution in [0.15, 0.2) is 24.3 Å². The number of amides is 5. The van der Waals surface area contributed by atoms with Crippen molar-refractivity contribution in [3.05, 3.63) is 35.4 Å². The molecule has 10 heteroatoms. The second-order valence-corrected chi connectivity index (χ2v) is 17.2. The average molecular weight is 742 g/mol. The van der Waals surface area contributed by atoms with Crippen molar-refractivity contribution >= 4 is 29.5 Å². The highest BCUT2D eigenvalue weighted by molar-refractivity contribution is 5.88. The molecule has 0 saturated heterocycles. The number of carbonyl (C=O) groups is 5. The number of hydrogen-bond donors (Lipinski definition) is 5. The van der Waals surface area contributed by atoms with E-state index in [4.69, 9.17) is 0 Å². The summed E-state index contributed by atoms with van der Waals surface area (Å²) < 4.78 is 0. The maximum Gasteiger partial charge on any atom is 0.225 e. The van der Waals surface area contributed by atoms with E-state index in [9.17, 15) is 24.0 Å². The van der Waals surface area contributed by atoms with Gasteiger partial charge in [-0.3, -0.25) is 24.0 Å². The Kier molecular flexibility index (Phi) is 18.2. The van der Waals surface area contributed by atoms with Crippen LogP contribution < -0.4 is 26.6 Å². The molecule has 0 aliphatic carbocycles. The first-order valence-electron chi connectivity index (χ1n) is 20.1. The van der Waals surface area contributed by atoms with Crippen molar-refractivity contribution in [2.45, 2.75) is 147 Å². The van der Waals surface area contributed by atoms with Crippen LogP contribution in [0.5, 0.6) is 0 Å². The molecule has 5 amide bonds. The highest BCUT2D eigenvalue weighted by Crippen LogP contribution is 2.47. The van der Waals surface area contributed by atoms with E-state index in [-0.39, 0.29) is 54.2 Å². The van der Waals surface area contributed by atoms with Crippen molar-refractivity contribution in [2.75, 3.05) is 32.7 Å². The van der Waals surface area contributed by atoms with Crippen molar-refractivity contribution in [3.8, 4) is 0 Å². The molecule has 53 heavy (non-hydrogen) atoms. The minimum absolute atomic E-state index is 0.0233. The molecule has 5 N–H and O–H groups in total. The zero-order chi connectivity index (χ0) is 40.8. The third-order valence-electron chi connectivity index (χ3n) is 11.3. The number of rotatable bonds is 23. The molecule has 1 aromatic rings. The fourth-order valence-corrected chi connectivity index (χ4v) is 8.49. The molecule has 0 bridgehead atoms. The van der Waals surface area contributed by atoms with Gasteiger partial charge in [-0.2, -0.15) is 0 Å². The molecule has 6 atom stereocenters. The molecule has 0 radical (unpaired) electrons. The monoisotopic (exact) mass is 742 g/mol. The summed E-state index contributed by atoms with van der Waals surface area (Å²) in [5.41, 5.74) is -2.03. The van der Waals surface area contributed by atoms with Crippen LogP contribution in [-0.4, -0.2) is 62.3 Å². The third kappa shape index (κ3) is 12.8. The van der Waals surface area contributed by atoms with E-state index >= 15 is 0 Å². The topological polar surface area (TPSA) is 146 Å². The summed E-state index contributed by atoms with van der Waals surface area (Å²) in [6, 6.07) is 8.41. The first-order chi connectivity index (χ1) is 24.6. The summed E-state index contributed by atoms with van der Waals surface area (Å²) in [4.78, 5) is 67.4. The lowest BCUT2D eigenvalue weighted by atomic mass is 9.62. The number of nitrogens with one attached hydrogen (secondary N) is 5. The molecule has 0 aromatic heterocycles. The molecule has 1 aromatic carbocycles. The Labute approximate surface area is 321 Å². The molecule has 1 rings (SSSR count). The first-order valence-corrected chi connectivity index (χ1v) is 20.1. The smallest absolute Gasteiger partial charge is 0.225 e. The Morgan fingerprint density at radius 2 is 0.736 bits per heavy atom. The molecular formula is C43H75N5O5. The van der Waals surface area contributed by atoms with E-state index in [2.05, 4.69) is 64.7 Å². The van der Waals surface area contributed by atoms with Crippen molar-refractivity contribution in [1.82, 2.24) is 26.6 Å². The van der Waals surface area contributed by atoms with Crippen molar-refractivity contribution < 1.29 is 24.0 Å². The molecule has 0 aliphatic rings. The quantitative estimate of drug-likeness (QED) is 0.0822. The van der Waals surface area contributed by atoms with Gasteiger partial charge >= 0.3 is 0 Å². The van der Waals surface area contributed by atoms with Gasteiger partial charge in [-0.15, -0.1) is 0 Å². The normalized spacial score (nSPS) is 17.4. The van der Waals surface area contributed by atoms with E-state index in [1.807, 2.05) is 83.1 Å². The van der Waals surface area contributed by atoms with Crippen LogP contribution >= 0.6 is 0 Å². The number of hydrogen-bond acceptors (Lipinski definition) is 5. The summed E-state index contributed by atoms with van der Waals surface area (Å²) in [7, 11) is 0. The standard InChI is InChI=1S/C43H75N5O5/c1-15-40(11,35(50)45-17-3)28-41(12,36(51)46-18-4)25-30(7)32-21-23-33(24-22-32)31(8)26-42(13,37(52)47-19-5)29-43(14,38(53)48-20-6)27-39(9,10)34(49)44-16-2/h21-24,30-31H,15-20,25-29H2,1-14H3,(H,44,49)(H,45,50)(H,46,51)(H,47,52)(H,48,53). The van der Waals surface area contributed by atoms with Crippen LogP contribution in [0, 0.1) is 27.1 Å². The molecule has 0 saturated carbocycles. The van der Waals surface area contributed by atoms with Crippen molar-refractivity contribution in [2.24, 2.45) is 27.1 Å². The van der Waals surface area contributed by atoms with Gasteiger partial charge in [0.1, 0.15) is 0 Å². The van der Waals surface area contributed by atoms with Crippen molar-refractivity contribution in [1.29, 1.82) is 0 Å². The first kappa shape index (κ1) is 47.6. The molecule has 0 spiro atoms. The summed E-state index contributed by atoms with van der Waals surface area (Å²) in [5.74, 6) is -0.451. The maximum absolute atomic E-state index is 13.9. The van der Waals surface area contributed by atoms with Crippen LogP contribution in [0.4, 0.5) is 0 Å². The Morgan fingerprint density at radius 3 is 1.06 bits per heavy atom. The predicted molar refractivity (Wildman–Crippen MR) is 216 cm³/mol. The molecule has 10 nitrogen and oxygen atoms in total. The molecule has 0 heterocycles. The lowest BCUT2D eigenvalue weighted by Gasteiger charge is -2.42. The highest BCUT2D eigenvalue weighted by Gasteiger charge is 2.49. The van der Waals surface area contributed by atoms with Crippen LogP contribution in [0.25, 0.3) is 0 Å². The zero-order valence-corrected chi connectivity index (χ0v) is 35.8. The van der Waals surface area contributed by atoms with Gasteiger partial charge < -0.3 is 26.6 Å². The highest BCUT2D eigenvalue weighted by atomic mass is 16.2. The van der Waals surface area contributed by atoms with E-state index in [0.29, 0.717) is 58.4 Å². The van der Waals surface area contributed by atoms with Crippen LogP contribution in [-0.2, 0) is 24.0 Å². The van der Waals surface area contributed by atoms with E-state index < -0.39 is 27.1 Å². The van der Waals surface area contributed by atoms with Gasteiger partial charge in [-0.25, -0.2) is 0 Å². The van der Waals surface area contributed by atoms with Crippen LogP contribution in [0.3, 0.4) is 0 Å². The summed E-state index contributed by atoms with van der Waals surface area (Å²) >= 11 is 0. The molecular weight excluding hydrogens is 667 g/mol. The van der Waals surface area contributed by atoms with Gasteiger partial charge in [0.15, 0.2) is 0 Å². The summed E-state index contributed by atoms with van der Waals surface area (Å²) in [5, 5.41) is 14.9. The Morgan fingerprint density at radius 1 is 0.453 bits per heavy atom. The van der Waals surface area contributed by atoms with Gasteiger partial charge in [-0.1, -0.05) is 86.6 Å². The minimum Gasteiger partial charge on any atom is -0.356 e. The lowest BCUT2D eigenvalue weighted by molar-refractivity contribution is -0.142. The Balaban J connectivity index is 3.47. The summed E-state index contributed by atoms with van der Waals surface area (Å²) in [6.45, 7) is 29.6. The molecule has 302 valence electrons.